The molecule has 1 amide bonds. The highest BCUT2D eigenvalue weighted by atomic mass is 35.5. The number of nitro groups is 1. The molecule has 1 heterocycles. The van der Waals surface area contributed by atoms with Gasteiger partial charge in [0.05, 0.1) is 17.3 Å². The summed E-state index contributed by atoms with van der Waals surface area (Å²) in [5, 5.41) is 17.1. The number of hydrogen-bond acceptors (Lipinski definition) is 4. The Labute approximate surface area is 160 Å². The van der Waals surface area contributed by atoms with E-state index in [2.05, 4.69) is 5.10 Å². The van der Waals surface area contributed by atoms with Crippen LogP contribution in [-0.4, -0.2) is 28.0 Å². The smallest absolute Gasteiger partial charge is 0.270 e. The minimum Gasteiger partial charge on any atom is -0.270 e. The largest absolute Gasteiger partial charge is 0.275 e. The molecule has 0 fully saturated rings. The molecule has 6 nitrogen and oxygen atoms in total. The number of benzene rings is 2. The van der Waals surface area contributed by atoms with E-state index in [1.165, 1.54) is 5.01 Å². The highest BCUT2D eigenvalue weighted by Gasteiger charge is 2.56. The zero-order valence-electron chi connectivity index (χ0n) is 13.8. The Balaban J connectivity index is 2.09. The van der Waals surface area contributed by atoms with Gasteiger partial charge in [0.25, 0.3) is 5.91 Å². The Morgan fingerprint density at radius 2 is 1.81 bits per heavy atom. The van der Waals surface area contributed by atoms with Gasteiger partial charge < -0.3 is 0 Å². The molecule has 0 spiro atoms. The van der Waals surface area contributed by atoms with Gasteiger partial charge in [0.1, 0.15) is 0 Å². The Bertz CT molecular complexity index is 888. The topological polar surface area (TPSA) is 75.8 Å². The average molecular weight is 392 g/mol. The molecule has 2 aromatic carbocycles. The van der Waals surface area contributed by atoms with Crippen LogP contribution in [0, 0.1) is 10.1 Å². The number of carbonyl (C=O) groups is 1. The van der Waals surface area contributed by atoms with Crippen molar-refractivity contribution < 1.29 is 9.72 Å². The number of para-hydroxylation sites is 1. The molecule has 2 unspecified atom stereocenters. The third-order valence-corrected chi connectivity index (χ3v) is 5.42. The fourth-order valence-electron chi connectivity index (χ4n) is 3.07. The van der Waals surface area contributed by atoms with Crippen molar-refractivity contribution in [3.63, 3.8) is 0 Å². The van der Waals surface area contributed by atoms with Crippen molar-refractivity contribution in [2.75, 3.05) is 11.6 Å². The first kappa shape index (κ1) is 18.4. The van der Waals surface area contributed by atoms with Gasteiger partial charge >= 0.3 is 0 Å². The molecule has 0 saturated carbocycles. The van der Waals surface area contributed by atoms with Gasteiger partial charge in [0.15, 0.2) is 4.87 Å². The van der Waals surface area contributed by atoms with Crippen molar-refractivity contribution in [2.24, 2.45) is 5.10 Å². The monoisotopic (exact) mass is 391 g/mol. The average Bonchev–Trinajstić information content (AvgIpc) is 2.86. The van der Waals surface area contributed by atoms with E-state index < -0.39 is 28.2 Å². The van der Waals surface area contributed by atoms with Crippen LogP contribution < -0.4 is 5.01 Å². The molecule has 0 aliphatic carbocycles. The van der Waals surface area contributed by atoms with Gasteiger partial charge in [-0.25, -0.2) is 0 Å². The van der Waals surface area contributed by atoms with Gasteiger partial charge in [-0.05, 0) is 30.7 Å². The lowest BCUT2D eigenvalue weighted by Gasteiger charge is -2.29. The maximum absolute atomic E-state index is 13.2. The molecule has 0 bridgehead atoms. The summed E-state index contributed by atoms with van der Waals surface area (Å²) in [7, 11) is 0. The van der Waals surface area contributed by atoms with E-state index in [-0.39, 0.29) is 0 Å². The molecule has 26 heavy (non-hydrogen) atoms. The first-order valence-corrected chi connectivity index (χ1v) is 8.61. The number of rotatable bonds is 5. The van der Waals surface area contributed by atoms with Gasteiger partial charge in [0.2, 0.25) is 6.54 Å². The molecule has 0 radical (unpaired) electrons. The lowest BCUT2D eigenvalue weighted by Crippen LogP contribution is -2.48. The number of amides is 1. The SMILES string of the molecule is CC1=NN(c2ccccc2)C(=O)C1(Cl)C(C[N+](=O)[O-])c1ccccc1Cl. The lowest BCUT2D eigenvalue weighted by molar-refractivity contribution is -0.483. The fourth-order valence-corrected chi connectivity index (χ4v) is 3.64. The second-order valence-corrected chi connectivity index (χ2v) is 6.94. The number of halogens is 2. The third-order valence-electron chi connectivity index (χ3n) is 4.37. The standard InChI is InChI=1S/C18H15Cl2N3O3/c1-12-18(20,17(24)23(21-12)13-7-3-2-4-8-13)15(11-22(25)26)14-9-5-6-10-16(14)19/h2-10,15H,11H2,1H3. The summed E-state index contributed by atoms with van der Waals surface area (Å²) in [4.78, 5) is 22.3. The molecule has 2 aromatic rings. The summed E-state index contributed by atoms with van der Waals surface area (Å²) in [6.45, 7) is 1.05. The number of nitrogens with zero attached hydrogens (tertiary/aromatic N) is 3. The van der Waals surface area contributed by atoms with Crippen molar-refractivity contribution in [1.82, 2.24) is 0 Å². The van der Waals surface area contributed by atoms with Gasteiger partial charge in [0, 0.05) is 9.95 Å². The molecule has 2 atom stereocenters. The third kappa shape index (κ3) is 3.06. The zero-order chi connectivity index (χ0) is 18.9. The normalized spacial score (nSPS) is 20.8. The molecule has 1 aliphatic rings. The zero-order valence-corrected chi connectivity index (χ0v) is 15.3. The predicted octanol–water partition coefficient (Wildman–Crippen LogP) is 4.10. The number of hydrazone groups is 1. The van der Waals surface area contributed by atoms with Crippen LogP contribution in [0.4, 0.5) is 5.69 Å². The van der Waals surface area contributed by atoms with Crippen molar-refractivity contribution in [3.8, 4) is 0 Å². The molecule has 134 valence electrons. The first-order valence-electron chi connectivity index (χ1n) is 7.86. The van der Waals surface area contributed by atoms with Crippen molar-refractivity contribution in [2.45, 2.75) is 17.7 Å². The van der Waals surface area contributed by atoms with Gasteiger partial charge in [-0.3, -0.25) is 14.9 Å². The van der Waals surface area contributed by atoms with Crippen molar-refractivity contribution in [1.29, 1.82) is 0 Å². The Morgan fingerprint density at radius 3 is 2.42 bits per heavy atom. The van der Waals surface area contributed by atoms with Crippen LogP contribution in [-0.2, 0) is 4.79 Å². The Hall–Kier alpha value is -2.44. The first-order chi connectivity index (χ1) is 12.4. The molecular formula is C18H15Cl2N3O3. The van der Waals surface area contributed by atoms with E-state index in [4.69, 9.17) is 23.2 Å². The minimum absolute atomic E-state index is 0.291. The summed E-state index contributed by atoms with van der Waals surface area (Å²) in [5.41, 5.74) is 1.27. The molecule has 1 aliphatic heterocycles. The molecular weight excluding hydrogens is 377 g/mol. The molecule has 0 aromatic heterocycles. The van der Waals surface area contributed by atoms with E-state index in [9.17, 15) is 14.9 Å². The van der Waals surface area contributed by atoms with E-state index >= 15 is 0 Å². The quantitative estimate of drug-likeness (QED) is 0.437. The van der Waals surface area contributed by atoms with Crippen LogP contribution in [0.5, 0.6) is 0 Å². The predicted molar refractivity (Wildman–Crippen MR) is 102 cm³/mol. The molecule has 8 heteroatoms. The van der Waals surface area contributed by atoms with Crippen molar-refractivity contribution >= 4 is 40.5 Å². The van der Waals surface area contributed by atoms with E-state index in [0.29, 0.717) is 22.0 Å². The number of carbonyl (C=O) groups excluding carboxylic acids is 1. The lowest BCUT2D eigenvalue weighted by atomic mass is 9.82. The van der Waals surface area contributed by atoms with E-state index in [0.717, 1.165) is 0 Å². The van der Waals surface area contributed by atoms with Crippen LogP contribution in [0.15, 0.2) is 59.7 Å². The van der Waals surface area contributed by atoms with Crippen LogP contribution in [0.1, 0.15) is 18.4 Å². The summed E-state index contributed by atoms with van der Waals surface area (Å²) in [6, 6.07) is 15.5. The van der Waals surface area contributed by atoms with Crippen LogP contribution >= 0.6 is 23.2 Å². The second-order valence-electron chi connectivity index (χ2n) is 5.94. The summed E-state index contributed by atoms with van der Waals surface area (Å²) < 4.78 is 0. The van der Waals surface area contributed by atoms with Crippen LogP contribution in [0.25, 0.3) is 0 Å². The highest BCUT2D eigenvalue weighted by Crippen LogP contribution is 2.44. The number of alkyl halides is 1. The maximum atomic E-state index is 13.2. The molecule has 0 saturated heterocycles. The van der Waals surface area contributed by atoms with E-state index in [1.54, 1.807) is 55.5 Å². The summed E-state index contributed by atoms with van der Waals surface area (Å²) >= 11 is 13.0. The van der Waals surface area contributed by atoms with Gasteiger partial charge in [-0.1, -0.05) is 48.0 Å². The summed E-state index contributed by atoms with van der Waals surface area (Å²) in [6.07, 6.45) is 0. The van der Waals surface area contributed by atoms with Gasteiger partial charge in [-0.2, -0.15) is 10.1 Å². The number of anilines is 1. The van der Waals surface area contributed by atoms with Crippen LogP contribution in [0.3, 0.4) is 0 Å². The Morgan fingerprint density at radius 1 is 1.19 bits per heavy atom. The number of hydrogen-bond donors (Lipinski definition) is 0. The highest BCUT2D eigenvalue weighted by molar-refractivity contribution is 6.51. The Kier molecular flexibility index (Phi) is 4.98. The molecule has 0 N–H and O–H groups in total. The van der Waals surface area contributed by atoms with Crippen molar-refractivity contribution in [3.05, 3.63) is 75.3 Å². The van der Waals surface area contributed by atoms with Crippen LogP contribution in [0.2, 0.25) is 5.02 Å². The minimum atomic E-state index is -1.69. The maximum Gasteiger partial charge on any atom is 0.275 e. The van der Waals surface area contributed by atoms with Gasteiger partial charge in [-0.15, -0.1) is 11.6 Å². The van der Waals surface area contributed by atoms with E-state index in [1.807, 2.05) is 6.07 Å². The fraction of sp³-hybridized carbons (Fsp3) is 0.222. The molecule has 3 rings (SSSR count). The summed E-state index contributed by atoms with van der Waals surface area (Å²) in [5.74, 6) is -1.49. The second kappa shape index (κ2) is 7.05.